The van der Waals surface area contributed by atoms with Gasteiger partial charge in [-0.25, -0.2) is 0 Å². The lowest BCUT2D eigenvalue weighted by Gasteiger charge is -2.27. The van der Waals surface area contributed by atoms with Gasteiger partial charge in [-0.2, -0.15) is 0 Å². The van der Waals surface area contributed by atoms with Gasteiger partial charge in [0.2, 0.25) is 0 Å². The zero-order valence-corrected chi connectivity index (χ0v) is 13.5. The molecule has 2 aromatic rings. The molecule has 0 bridgehead atoms. The van der Waals surface area contributed by atoms with E-state index in [9.17, 15) is 19.2 Å². The molecule has 1 atom stereocenters. The summed E-state index contributed by atoms with van der Waals surface area (Å²) in [5, 5.41) is 0. The monoisotopic (exact) mass is 333 g/mol. The van der Waals surface area contributed by atoms with Crippen molar-refractivity contribution in [3.8, 4) is 0 Å². The first-order valence-corrected chi connectivity index (χ1v) is 7.75. The van der Waals surface area contributed by atoms with Gasteiger partial charge in [-0.1, -0.05) is 48.5 Å². The number of amides is 2. The normalized spacial score (nSPS) is 17.2. The van der Waals surface area contributed by atoms with E-state index in [0.29, 0.717) is 5.56 Å². The van der Waals surface area contributed by atoms with Crippen LogP contribution in [0.3, 0.4) is 0 Å². The van der Waals surface area contributed by atoms with E-state index >= 15 is 0 Å². The fraction of sp³-hybridized carbons (Fsp3) is 0.100. The summed E-state index contributed by atoms with van der Waals surface area (Å²) in [6.45, 7) is 1.49. The van der Waals surface area contributed by atoms with Crippen LogP contribution in [0.2, 0.25) is 0 Å². The van der Waals surface area contributed by atoms with Crippen molar-refractivity contribution < 1.29 is 19.2 Å². The molecule has 0 saturated carbocycles. The topological polar surface area (TPSA) is 71.5 Å². The van der Waals surface area contributed by atoms with Crippen LogP contribution >= 0.6 is 0 Å². The Balaban J connectivity index is 1.98. The van der Waals surface area contributed by atoms with Crippen molar-refractivity contribution in [2.24, 2.45) is 5.92 Å². The minimum absolute atomic E-state index is 0.193. The maximum absolute atomic E-state index is 12.7. The summed E-state index contributed by atoms with van der Waals surface area (Å²) in [5.74, 6) is -4.09. The number of imide groups is 1. The Labute approximate surface area is 144 Å². The summed E-state index contributed by atoms with van der Waals surface area (Å²) >= 11 is 0. The Kier molecular flexibility index (Phi) is 4.39. The van der Waals surface area contributed by atoms with Gasteiger partial charge < -0.3 is 0 Å². The Morgan fingerprint density at radius 1 is 0.840 bits per heavy atom. The van der Waals surface area contributed by atoms with Crippen molar-refractivity contribution >= 4 is 23.4 Å². The number of allylic oxidation sites excluding steroid dienone is 1. The van der Waals surface area contributed by atoms with Crippen LogP contribution in [0.1, 0.15) is 27.6 Å². The fourth-order valence-corrected chi connectivity index (χ4v) is 2.68. The number of Topliss-reactive ketones (excluding diaryl/α,β-unsaturated/α-hetero) is 2. The van der Waals surface area contributed by atoms with Crippen LogP contribution in [0.25, 0.3) is 0 Å². The molecule has 5 nitrogen and oxygen atoms in total. The molecule has 124 valence electrons. The number of hydrogen-bond acceptors (Lipinski definition) is 4. The van der Waals surface area contributed by atoms with Crippen LogP contribution in [0.5, 0.6) is 0 Å². The summed E-state index contributed by atoms with van der Waals surface area (Å²) in [6.07, 6.45) is 1.20. The minimum Gasteiger partial charge on any atom is -0.293 e. The third-order valence-corrected chi connectivity index (χ3v) is 4.02. The number of benzene rings is 2. The number of hydrogen-bond donors (Lipinski definition) is 0. The molecule has 2 aromatic carbocycles. The fourth-order valence-electron chi connectivity index (χ4n) is 2.68. The number of nitrogens with zero attached hydrogens (tertiary/aromatic N) is 1. The quantitative estimate of drug-likeness (QED) is 0.492. The molecule has 0 radical (unpaired) electrons. The lowest BCUT2D eigenvalue weighted by molar-refractivity contribution is -0.135. The first kappa shape index (κ1) is 16.5. The van der Waals surface area contributed by atoms with Gasteiger partial charge in [0.25, 0.3) is 11.8 Å². The molecule has 0 spiro atoms. The van der Waals surface area contributed by atoms with Crippen molar-refractivity contribution in [3.05, 3.63) is 83.6 Å². The smallest absolute Gasteiger partial charge is 0.264 e. The Morgan fingerprint density at radius 3 is 1.92 bits per heavy atom. The molecule has 3 rings (SSSR count). The SMILES string of the molecule is CC1=CN(C(=O)c2ccccc2)C(=O)C(C(=O)c2ccccc2)C1=O. The number of rotatable bonds is 3. The second-order valence-electron chi connectivity index (χ2n) is 5.72. The highest BCUT2D eigenvalue weighted by Gasteiger charge is 2.43. The summed E-state index contributed by atoms with van der Waals surface area (Å²) in [4.78, 5) is 51.3. The minimum atomic E-state index is -1.53. The van der Waals surface area contributed by atoms with E-state index in [1.54, 1.807) is 60.7 Å². The molecule has 0 fully saturated rings. The van der Waals surface area contributed by atoms with E-state index in [-0.39, 0.29) is 11.1 Å². The van der Waals surface area contributed by atoms with Crippen molar-refractivity contribution in [1.29, 1.82) is 0 Å². The lowest BCUT2D eigenvalue weighted by Crippen LogP contribution is -2.47. The van der Waals surface area contributed by atoms with E-state index in [1.165, 1.54) is 13.1 Å². The van der Waals surface area contributed by atoms with Gasteiger partial charge in [-0.15, -0.1) is 0 Å². The van der Waals surface area contributed by atoms with Gasteiger partial charge in [0, 0.05) is 22.9 Å². The molecule has 1 aliphatic rings. The van der Waals surface area contributed by atoms with Crippen molar-refractivity contribution in [3.63, 3.8) is 0 Å². The average molecular weight is 333 g/mol. The second kappa shape index (κ2) is 6.65. The number of carbonyl (C=O) groups excluding carboxylic acids is 4. The van der Waals surface area contributed by atoms with Crippen LogP contribution in [0, 0.1) is 5.92 Å². The van der Waals surface area contributed by atoms with Gasteiger partial charge in [0.05, 0.1) is 0 Å². The van der Waals surface area contributed by atoms with Gasteiger partial charge in [0.15, 0.2) is 17.5 Å². The predicted octanol–water partition coefficient (Wildman–Crippen LogP) is 2.64. The number of carbonyl (C=O) groups is 4. The van der Waals surface area contributed by atoms with Crippen LogP contribution in [0.15, 0.2) is 72.4 Å². The molecule has 1 unspecified atom stereocenters. The van der Waals surface area contributed by atoms with Crippen LogP contribution in [-0.4, -0.2) is 28.3 Å². The highest BCUT2D eigenvalue weighted by Crippen LogP contribution is 2.23. The van der Waals surface area contributed by atoms with E-state index in [2.05, 4.69) is 0 Å². The third kappa shape index (κ3) is 3.04. The molecular formula is C20H15NO4. The van der Waals surface area contributed by atoms with Crippen molar-refractivity contribution in [2.75, 3.05) is 0 Å². The van der Waals surface area contributed by atoms with Crippen LogP contribution in [0.4, 0.5) is 0 Å². The van der Waals surface area contributed by atoms with Gasteiger partial charge >= 0.3 is 0 Å². The highest BCUT2D eigenvalue weighted by atomic mass is 16.2. The molecule has 0 aliphatic carbocycles. The summed E-state index contributed by atoms with van der Waals surface area (Å²) in [7, 11) is 0. The summed E-state index contributed by atoms with van der Waals surface area (Å²) in [6, 6.07) is 16.4. The summed E-state index contributed by atoms with van der Waals surface area (Å²) < 4.78 is 0. The maximum atomic E-state index is 12.7. The largest absolute Gasteiger partial charge is 0.293 e. The highest BCUT2D eigenvalue weighted by molar-refractivity contribution is 6.31. The molecule has 0 saturated heterocycles. The summed E-state index contributed by atoms with van der Waals surface area (Å²) in [5.41, 5.74) is 0.759. The molecule has 0 N–H and O–H groups in total. The van der Waals surface area contributed by atoms with E-state index in [4.69, 9.17) is 0 Å². The molecule has 1 aliphatic heterocycles. The standard InChI is InChI=1S/C20H15NO4/c1-13-12-21(19(24)15-10-6-3-7-11-15)20(25)16(17(13)22)18(23)14-8-4-2-5-9-14/h2-12,16H,1H3. The second-order valence-corrected chi connectivity index (χ2v) is 5.72. The molecule has 2 amide bonds. The van der Waals surface area contributed by atoms with Crippen molar-refractivity contribution in [2.45, 2.75) is 6.92 Å². The maximum Gasteiger partial charge on any atom is 0.264 e. The van der Waals surface area contributed by atoms with E-state index < -0.39 is 29.3 Å². The number of ketones is 2. The molecule has 0 aromatic heterocycles. The Bertz CT molecular complexity index is 884. The molecule has 5 heteroatoms. The zero-order chi connectivity index (χ0) is 18.0. The van der Waals surface area contributed by atoms with Crippen molar-refractivity contribution in [1.82, 2.24) is 4.90 Å². The zero-order valence-electron chi connectivity index (χ0n) is 13.5. The molecule has 25 heavy (non-hydrogen) atoms. The third-order valence-electron chi connectivity index (χ3n) is 4.02. The average Bonchev–Trinajstić information content (AvgIpc) is 2.65. The molecule has 1 heterocycles. The van der Waals surface area contributed by atoms with E-state index in [1.807, 2.05) is 0 Å². The Hall–Kier alpha value is -3.34. The first-order valence-electron chi connectivity index (χ1n) is 7.75. The predicted molar refractivity (Wildman–Crippen MR) is 90.6 cm³/mol. The van der Waals surface area contributed by atoms with Gasteiger partial charge in [0.1, 0.15) is 0 Å². The van der Waals surface area contributed by atoms with Crippen LogP contribution in [-0.2, 0) is 9.59 Å². The van der Waals surface area contributed by atoms with Crippen LogP contribution < -0.4 is 0 Å². The molecular weight excluding hydrogens is 318 g/mol. The van der Waals surface area contributed by atoms with Gasteiger partial charge in [-0.05, 0) is 19.1 Å². The lowest BCUT2D eigenvalue weighted by atomic mass is 9.87. The van der Waals surface area contributed by atoms with Gasteiger partial charge in [-0.3, -0.25) is 24.1 Å². The first-order chi connectivity index (χ1) is 12.0. The Morgan fingerprint density at radius 2 is 1.36 bits per heavy atom. The van der Waals surface area contributed by atoms with E-state index in [0.717, 1.165) is 4.90 Å².